The molecule has 4 rings (SSSR count). The van der Waals surface area contributed by atoms with Crippen LogP contribution in [0.1, 0.15) is 10.5 Å². The molecule has 0 fully saturated rings. The molecule has 0 spiro atoms. The van der Waals surface area contributed by atoms with E-state index in [4.69, 9.17) is 11.6 Å². The molecule has 3 aromatic rings. The quantitative estimate of drug-likeness (QED) is 0.669. The fraction of sp³-hybridized carbons (Fsp3) is 0.105. The minimum atomic E-state index is -0.288. The molecule has 2 aromatic carbocycles. The summed E-state index contributed by atoms with van der Waals surface area (Å²) >= 11 is 7.41. The van der Waals surface area contributed by atoms with Crippen molar-refractivity contribution < 1.29 is 9.59 Å². The van der Waals surface area contributed by atoms with Crippen LogP contribution in [-0.4, -0.2) is 30.4 Å². The number of carbonyl (C=O) groups excluding carboxylic acids is 2. The zero-order valence-electron chi connectivity index (χ0n) is 13.8. The molecule has 7 heteroatoms. The minimum Gasteiger partial charge on any atom is -0.312 e. The molecular formula is C19H14ClN3O2S. The number of nitrogens with zero attached hydrogens (tertiary/aromatic N) is 3. The van der Waals surface area contributed by atoms with Crippen molar-refractivity contribution in [2.45, 2.75) is 0 Å². The number of fused-ring (bicyclic) bond motifs is 1. The summed E-state index contributed by atoms with van der Waals surface area (Å²) in [5.74, 6) is -0.425. The average Bonchev–Trinajstić information content (AvgIpc) is 3.14. The molecule has 0 unspecified atom stereocenters. The van der Waals surface area contributed by atoms with Crippen molar-refractivity contribution in [1.82, 2.24) is 4.98 Å². The van der Waals surface area contributed by atoms with Gasteiger partial charge in [0, 0.05) is 23.0 Å². The maximum atomic E-state index is 13.0. The van der Waals surface area contributed by atoms with E-state index < -0.39 is 0 Å². The number of aromatic nitrogens is 1. The van der Waals surface area contributed by atoms with Crippen LogP contribution >= 0.6 is 22.9 Å². The molecule has 2 heterocycles. The van der Waals surface area contributed by atoms with Crippen LogP contribution in [0.2, 0.25) is 5.02 Å². The van der Waals surface area contributed by atoms with E-state index in [9.17, 15) is 9.59 Å². The largest absolute Gasteiger partial charge is 0.312 e. The Hall–Kier alpha value is -2.70. The summed E-state index contributed by atoms with van der Waals surface area (Å²) in [6.45, 7) is -0.00360. The van der Waals surface area contributed by atoms with Gasteiger partial charge in [-0.15, -0.1) is 11.3 Å². The Kier molecular flexibility index (Phi) is 4.22. The van der Waals surface area contributed by atoms with Crippen molar-refractivity contribution >= 4 is 46.1 Å². The van der Waals surface area contributed by atoms with Gasteiger partial charge in [0.15, 0.2) is 0 Å². The van der Waals surface area contributed by atoms with Gasteiger partial charge in [-0.2, -0.15) is 0 Å². The van der Waals surface area contributed by atoms with Crippen LogP contribution in [0, 0.1) is 0 Å². The summed E-state index contributed by atoms with van der Waals surface area (Å²) in [7, 11) is 1.71. The monoisotopic (exact) mass is 383 g/mol. The topological polar surface area (TPSA) is 53.5 Å². The predicted octanol–water partition coefficient (Wildman–Crippen LogP) is 4.09. The van der Waals surface area contributed by atoms with Gasteiger partial charge in [0.2, 0.25) is 5.91 Å². The first-order chi connectivity index (χ1) is 12.5. The third kappa shape index (κ3) is 2.87. The normalized spacial score (nSPS) is 13.7. The molecule has 1 aliphatic rings. The smallest absolute Gasteiger partial charge is 0.278 e. The van der Waals surface area contributed by atoms with E-state index in [0.29, 0.717) is 27.1 Å². The minimum absolute atomic E-state index is 0.00360. The van der Waals surface area contributed by atoms with Gasteiger partial charge in [0.05, 0.1) is 11.4 Å². The number of amides is 2. The lowest BCUT2D eigenvalue weighted by atomic mass is 10.1. The van der Waals surface area contributed by atoms with E-state index in [1.54, 1.807) is 23.4 Å². The van der Waals surface area contributed by atoms with Crippen molar-refractivity contribution in [3.63, 3.8) is 0 Å². The molecule has 0 bridgehead atoms. The third-order valence-corrected chi connectivity index (χ3v) is 5.37. The molecule has 130 valence electrons. The highest BCUT2D eigenvalue weighted by atomic mass is 35.5. The first kappa shape index (κ1) is 16.8. The van der Waals surface area contributed by atoms with E-state index in [1.807, 2.05) is 42.5 Å². The number of hydrogen-bond acceptors (Lipinski definition) is 4. The predicted molar refractivity (Wildman–Crippen MR) is 104 cm³/mol. The van der Waals surface area contributed by atoms with Crippen LogP contribution in [0.5, 0.6) is 0 Å². The van der Waals surface area contributed by atoms with Gasteiger partial charge in [0.25, 0.3) is 5.91 Å². The summed E-state index contributed by atoms with van der Waals surface area (Å²) in [5.41, 5.74) is 2.59. The van der Waals surface area contributed by atoms with Crippen molar-refractivity contribution in [2.24, 2.45) is 0 Å². The van der Waals surface area contributed by atoms with E-state index in [0.717, 1.165) is 5.56 Å². The number of para-hydroxylation sites is 2. The average molecular weight is 384 g/mol. The second-order valence-corrected chi connectivity index (χ2v) is 7.18. The SMILES string of the molecule is CN1C(=O)CN(C(=O)c2csc(-c3cccc(Cl)c3)n2)c2ccccc21. The summed E-state index contributed by atoms with van der Waals surface area (Å²) in [4.78, 5) is 32.8. The molecule has 1 aliphatic heterocycles. The van der Waals surface area contributed by atoms with Gasteiger partial charge in [-0.05, 0) is 24.3 Å². The molecule has 26 heavy (non-hydrogen) atoms. The van der Waals surface area contributed by atoms with Crippen molar-refractivity contribution in [3.8, 4) is 10.6 Å². The van der Waals surface area contributed by atoms with Gasteiger partial charge < -0.3 is 4.90 Å². The number of anilines is 2. The van der Waals surface area contributed by atoms with Gasteiger partial charge in [0.1, 0.15) is 17.2 Å². The summed E-state index contributed by atoms with van der Waals surface area (Å²) in [5, 5.41) is 3.04. The maximum Gasteiger partial charge on any atom is 0.278 e. The Bertz CT molecular complexity index is 1020. The number of benzene rings is 2. The second kappa shape index (κ2) is 6.55. The van der Waals surface area contributed by atoms with Crippen LogP contribution in [0.25, 0.3) is 10.6 Å². The Balaban J connectivity index is 1.69. The molecule has 1 aromatic heterocycles. The molecule has 0 N–H and O–H groups in total. The van der Waals surface area contributed by atoms with Crippen LogP contribution in [0.15, 0.2) is 53.9 Å². The van der Waals surface area contributed by atoms with Gasteiger partial charge >= 0.3 is 0 Å². The molecule has 0 radical (unpaired) electrons. The van der Waals surface area contributed by atoms with Gasteiger partial charge in [-0.1, -0.05) is 35.9 Å². The standard InChI is InChI=1S/C19H14ClN3O2S/c1-22-15-7-2-3-8-16(15)23(10-17(22)24)19(25)14-11-26-18(21-14)12-5-4-6-13(20)9-12/h2-9,11H,10H2,1H3. The Labute approximate surface area is 159 Å². The first-order valence-corrected chi connectivity index (χ1v) is 9.19. The molecule has 0 aliphatic carbocycles. The fourth-order valence-electron chi connectivity index (χ4n) is 2.88. The highest BCUT2D eigenvalue weighted by Gasteiger charge is 2.31. The molecular weight excluding hydrogens is 370 g/mol. The summed E-state index contributed by atoms with van der Waals surface area (Å²) in [6.07, 6.45) is 0. The number of thiazole rings is 1. The molecule has 0 saturated heterocycles. The van der Waals surface area contributed by atoms with E-state index in [-0.39, 0.29) is 18.4 Å². The Morgan fingerprint density at radius 1 is 1.15 bits per heavy atom. The first-order valence-electron chi connectivity index (χ1n) is 7.93. The van der Waals surface area contributed by atoms with Crippen molar-refractivity contribution in [3.05, 3.63) is 64.6 Å². The van der Waals surface area contributed by atoms with Gasteiger partial charge in [-0.25, -0.2) is 4.98 Å². The Morgan fingerprint density at radius 3 is 2.69 bits per heavy atom. The Morgan fingerprint density at radius 2 is 1.92 bits per heavy atom. The zero-order valence-corrected chi connectivity index (χ0v) is 15.4. The van der Waals surface area contributed by atoms with Gasteiger partial charge in [-0.3, -0.25) is 14.5 Å². The zero-order chi connectivity index (χ0) is 18.3. The molecule has 5 nitrogen and oxygen atoms in total. The van der Waals surface area contributed by atoms with Crippen LogP contribution in [0.4, 0.5) is 11.4 Å². The van der Waals surface area contributed by atoms with E-state index in [1.165, 1.54) is 16.2 Å². The molecule has 0 saturated carbocycles. The molecule has 0 atom stereocenters. The number of halogens is 1. The number of hydrogen-bond donors (Lipinski definition) is 0. The van der Waals surface area contributed by atoms with Crippen molar-refractivity contribution in [1.29, 1.82) is 0 Å². The third-order valence-electron chi connectivity index (χ3n) is 4.24. The highest BCUT2D eigenvalue weighted by molar-refractivity contribution is 7.13. The maximum absolute atomic E-state index is 13.0. The lowest BCUT2D eigenvalue weighted by Crippen LogP contribution is -2.46. The number of likely N-dealkylation sites (N-methyl/N-ethyl adjacent to an activating group) is 1. The van der Waals surface area contributed by atoms with Crippen molar-refractivity contribution in [2.75, 3.05) is 23.4 Å². The summed E-state index contributed by atoms with van der Waals surface area (Å²) in [6, 6.07) is 14.7. The highest BCUT2D eigenvalue weighted by Crippen LogP contribution is 2.34. The van der Waals surface area contributed by atoms with Crippen LogP contribution in [0.3, 0.4) is 0 Å². The lowest BCUT2D eigenvalue weighted by Gasteiger charge is -2.33. The second-order valence-electron chi connectivity index (χ2n) is 5.88. The van der Waals surface area contributed by atoms with E-state index >= 15 is 0 Å². The molecule has 2 amide bonds. The number of rotatable bonds is 2. The fourth-order valence-corrected chi connectivity index (χ4v) is 3.86. The summed E-state index contributed by atoms with van der Waals surface area (Å²) < 4.78 is 0. The lowest BCUT2D eigenvalue weighted by molar-refractivity contribution is -0.117. The van der Waals surface area contributed by atoms with Crippen LogP contribution in [-0.2, 0) is 4.79 Å². The van der Waals surface area contributed by atoms with E-state index in [2.05, 4.69) is 4.98 Å². The van der Waals surface area contributed by atoms with Crippen LogP contribution < -0.4 is 9.80 Å². The number of carbonyl (C=O) groups is 2.